The molecule has 0 aliphatic heterocycles. The Labute approximate surface area is 108 Å². The minimum absolute atomic E-state index is 0.0966. The molecule has 0 saturated carbocycles. The van der Waals surface area contributed by atoms with Crippen molar-refractivity contribution in [3.05, 3.63) is 17.5 Å². The summed E-state index contributed by atoms with van der Waals surface area (Å²) < 4.78 is 1.68. The maximum Gasteiger partial charge on any atom is 0.254 e. The second-order valence-corrected chi connectivity index (χ2v) is 4.18. The van der Waals surface area contributed by atoms with Crippen molar-refractivity contribution in [2.24, 2.45) is 7.05 Å². The van der Waals surface area contributed by atoms with Gasteiger partial charge in [0.05, 0.1) is 18.4 Å². The van der Waals surface area contributed by atoms with Gasteiger partial charge >= 0.3 is 0 Å². The minimum Gasteiger partial charge on any atom is -0.395 e. The van der Waals surface area contributed by atoms with Gasteiger partial charge in [0.1, 0.15) is 0 Å². The van der Waals surface area contributed by atoms with Gasteiger partial charge in [-0.25, -0.2) is 0 Å². The number of carbonyl (C=O) groups is 1. The lowest BCUT2D eigenvalue weighted by molar-refractivity contribution is 0.0946. The molecule has 18 heavy (non-hydrogen) atoms. The first-order chi connectivity index (χ1) is 8.60. The average molecular weight is 254 g/mol. The molecule has 0 bridgehead atoms. The van der Waals surface area contributed by atoms with Gasteiger partial charge in [-0.2, -0.15) is 5.10 Å². The van der Waals surface area contributed by atoms with Gasteiger partial charge in [0.25, 0.3) is 5.91 Å². The van der Waals surface area contributed by atoms with Gasteiger partial charge in [-0.1, -0.05) is 6.92 Å². The molecule has 0 unspecified atom stereocenters. The summed E-state index contributed by atoms with van der Waals surface area (Å²) in [7, 11) is 1.81. The van der Waals surface area contributed by atoms with Crippen LogP contribution >= 0.6 is 0 Å². The third-order valence-corrected chi connectivity index (χ3v) is 3.06. The van der Waals surface area contributed by atoms with Gasteiger partial charge < -0.3 is 10.4 Å². The quantitative estimate of drug-likeness (QED) is 0.705. The second kappa shape index (κ2) is 7.13. The predicted octanol–water partition coefficient (Wildman–Crippen LogP) is -0.227. The van der Waals surface area contributed by atoms with E-state index < -0.39 is 0 Å². The van der Waals surface area contributed by atoms with E-state index in [1.807, 2.05) is 20.9 Å². The lowest BCUT2D eigenvalue weighted by atomic mass is 10.2. The Bertz CT molecular complexity index is 389. The highest BCUT2D eigenvalue weighted by atomic mass is 16.3. The molecule has 0 aromatic carbocycles. The summed E-state index contributed by atoms with van der Waals surface area (Å²) in [6, 6.07) is 0. The van der Waals surface area contributed by atoms with Gasteiger partial charge in [0, 0.05) is 32.4 Å². The normalized spacial score (nSPS) is 10.9. The third kappa shape index (κ3) is 3.82. The zero-order valence-electron chi connectivity index (χ0n) is 11.3. The minimum atomic E-state index is -0.0966. The van der Waals surface area contributed by atoms with E-state index in [1.165, 1.54) is 0 Å². The second-order valence-electron chi connectivity index (χ2n) is 4.18. The Balaban J connectivity index is 2.40. The van der Waals surface area contributed by atoms with E-state index in [-0.39, 0.29) is 12.5 Å². The van der Waals surface area contributed by atoms with E-state index in [0.717, 1.165) is 18.8 Å². The SMILES string of the molecule is CCN(CCO)CCNC(=O)c1cnn(C)c1C. The summed E-state index contributed by atoms with van der Waals surface area (Å²) in [4.78, 5) is 14.0. The number of aromatic nitrogens is 2. The molecule has 1 aromatic heterocycles. The van der Waals surface area contributed by atoms with Crippen LogP contribution in [-0.2, 0) is 7.05 Å². The number of aryl methyl sites for hydroxylation is 1. The standard InChI is InChI=1S/C12H22N4O2/c1-4-16(7-8-17)6-5-13-12(18)11-9-14-15(3)10(11)2/h9,17H,4-8H2,1-3H3,(H,13,18). The number of aliphatic hydroxyl groups excluding tert-OH is 1. The number of nitrogens with zero attached hydrogens (tertiary/aromatic N) is 3. The molecule has 0 spiro atoms. The molecule has 102 valence electrons. The van der Waals surface area contributed by atoms with Crippen LogP contribution in [0, 0.1) is 6.92 Å². The first kappa shape index (κ1) is 14.7. The summed E-state index contributed by atoms with van der Waals surface area (Å²) >= 11 is 0. The van der Waals surface area contributed by atoms with Crippen molar-refractivity contribution in [3.63, 3.8) is 0 Å². The highest BCUT2D eigenvalue weighted by molar-refractivity contribution is 5.94. The first-order valence-corrected chi connectivity index (χ1v) is 6.20. The number of amides is 1. The zero-order chi connectivity index (χ0) is 13.5. The van der Waals surface area contributed by atoms with Crippen LogP contribution in [0.25, 0.3) is 0 Å². The number of aliphatic hydroxyl groups is 1. The van der Waals surface area contributed by atoms with Gasteiger partial charge in [0.15, 0.2) is 0 Å². The molecule has 0 radical (unpaired) electrons. The summed E-state index contributed by atoms with van der Waals surface area (Å²) in [6.07, 6.45) is 1.58. The summed E-state index contributed by atoms with van der Waals surface area (Å²) in [5.74, 6) is -0.0966. The first-order valence-electron chi connectivity index (χ1n) is 6.20. The van der Waals surface area contributed by atoms with Crippen LogP contribution in [0.15, 0.2) is 6.20 Å². The maximum absolute atomic E-state index is 11.9. The third-order valence-electron chi connectivity index (χ3n) is 3.06. The van der Waals surface area contributed by atoms with Crippen LogP contribution in [0.4, 0.5) is 0 Å². The largest absolute Gasteiger partial charge is 0.395 e. The molecule has 1 rings (SSSR count). The molecule has 2 N–H and O–H groups in total. The number of hydrogen-bond donors (Lipinski definition) is 2. The fourth-order valence-corrected chi connectivity index (χ4v) is 1.71. The fourth-order valence-electron chi connectivity index (χ4n) is 1.71. The molecule has 6 heteroatoms. The van der Waals surface area contributed by atoms with Crippen molar-refractivity contribution >= 4 is 5.91 Å². The zero-order valence-corrected chi connectivity index (χ0v) is 11.3. The molecule has 6 nitrogen and oxygen atoms in total. The van der Waals surface area contributed by atoms with E-state index >= 15 is 0 Å². The van der Waals surface area contributed by atoms with Crippen molar-refractivity contribution in [3.8, 4) is 0 Å². The number of likely N-dealkylation sites (N-methyl/N-ethyl adjacent to an activating group) is 1. The molecular weight excluding hydrogens is 232 g/mol. The van der Waals surface area contributed by atoms with Crippen LogP contribution in [-0.4, -0.2) is 58.5 Å². The number of nitrogens with one attached hydrogen (secondary N) is 1. The van der Waals surface area contributed by atoms with E-state index in [9.17, 15) is 4.79 Å². The molecule has 0 aliphatic carbocycles. The Morgan fingerprint density at radius 2 is 2.28 bits per heavy atom. The lowest BCUT2D eigenvalue weighted by Crippen LogP contribution is -2.36. The molecule has 1 heterocycles. The van der Waals surface area contributed by atoms with E-state index in [1.54, 1.807) is 10.9 Å². The van der Waals surface area contributed by atoms with Crippen molar-refractivity contribution < 1.29 is 9.90 Å². The number of rotatable bonds is 7. The van der Waals surface area contributed by atoms with Crippen LogP contribution in [0.2, 0.25) is 0 Å². The number of carbonyl (C=O) groups excluding carboxylic acids is 1. The lowest BCUT2D eigenvalue weighted by Gasteiger charge is -2.18. The topological polar surface area (TPSA) is 70.4 Å². The Morgan fingerprint density at radius 3 is 2.78 bits per heavy atom. The summed E-state index contributed by atoms with van der Waals surface area (Å²) in [5, 5.41) is 15.8. The molecule has 0 aliphatic rings. The van der Waals surface area contributed by atoms with Crippen LogP contribution < -0.4 is 5.32 Å². The molecule has 0 fully saturated rings. The monoisotopic (exact) mass is 254 g/mol. The molecule has 0 atom stereocenters. The molecule has 1 amide bonds. The fraction of sp³-hybridized carbons (Fsp3) is 0.667. The molecular formula is C12H22N4O2. The van der Waals surface area contributed by atoms with E-state index in [0.29, 0.717) is 18.7 Å². The maximum atomic E-state index is 11.9. The van der Waals surface area contributed by atoms with Crippen LogP contribution in [0.1, 0.15) is 23.0 Å². The Hall–Kier alpha value is -1.40. The highest BCUT2D eigenvalue weighted by Gasteiger charge is 2.12. The van der Waals surface area contributed by atoms with Crippen molar-refractivity contribution in [1.82, 2.24) is 20.0 Å². The van der Waals surface area contributed by atoms with Crippen molar-refractivity contribution in [2.45, 2.75) is 13.8 Å². The van der Waals surface area contributed by atoms with Gasteiger partial charge in [-0.15, -0.1) is 0 Å². The van der Waals surface area contributed by atoms with Crippen molar-refractivity contribution in [2.75, 3.05) is 32.8 Å². The molecule has 0 saturated heterocycles. The highest BCUT2D eigenvalue weighted by Crippen LogP contribution is 2.04. The Kier molecular flexibility index (Phi) is 5.80. The summed E-state index contributed by atoms with van der Waals surface area (Å²) in [5.41, 5.74) is 1.47. The van der Waals surface area contributed by atoms with Crippen LogP contribution in [0.3, 0.4) is 0 Å². The van der Waals surface area contributed by atoms with Crippen molar-refractivity contribution in [1.29, 1.82) is 0 Å². The van der Waals surface area contributed by atoms with Gasteiger partial charge in [-0.05, 0) is 13.5 Å². The smallest absolute Gasteiger partial charge is 0.254 e. The van der Waals surface area contributed by atoms with Gasteiger partial charge in [-0.3, -0.25) is 14.4 Å². The average Bonchev–Trinajstić information content (AvgIpc) is 2.69. The van der Waals surface area contributed by atoms with Crippen LogP contribution in [0.5, 0.6) is 0 Å². The predicted molar refractivity (Wildman–Crippen MR) is 69.5 cm³/mol. The summed E-state index contributed by atoms with van der Waals surface area (Å²) in [6.45, 7) is 6.85. The van der Waals surface area contributed by atoms with E-state index in [2.05, 4.69) is 15.3 Å². The number of hydrogen-bond acceptors (Lipinski definition) is 4. The molecule has 1 aromatic rings. The van der Waals surface area contributed by atoms with E-state index in [4.69, 9.17) is 5.11 Å². The Morgan fingerprint density at radius 1 is 1.56 bits per heavy atom. The van der Waals surface area contributed by atoms with Gasteiger partial charge in [0.2, 0.25) is 0 Å².